The molecular formula is C17H32O8. The SMILES string of the molecule is CCOC(=O)C(CC(OCC)OCC)(CC(OCC)OCC)C(=O)O. The molecule has 0 saturated carbocycles. The summed E-state index contributed by atoms with van der Waals surface area (Å²) in [4.78, 5) is 24.7. The Labute approximate surface area is 149 Å². The summed E-state index contributed by atoms with van der Waals surface area (Å²) in [5.41, 5.74) is -1.89. The molecule has 0 atom stereocenters. The van der Waals surface area contributed by atoms with Crippen LogP contribution in [0.25, 0.3) is 0 Å². The summed E-state index contributed by atoms with van der Waals surface area (Å²) in [6, 6.07) is 0. The Balaban J connectivity index is 5.69. The average Bonchev–Trinajstić information content (AvgIpc) is 2.55. The highest BCUT2D eigenvalue weighted by molar-refractivity contribution is 5.99. The molecule has 0 unspecified atom stereocenters. The molecule has 25 heavy (non-hydrogen) atoms. The van der Waals surface area contributed by atoms with Crippen molar-refractivity contribution in [1.29, 1.82) is 0 Å². The zero-order valence-electron chi connectivity index (χ0n) is 15.9. The first-order chi connectivity index (χ1) is 11.9. The van der Waals surface area contributed by atoms with Gasteiger partial charge in [0.15, 0.2) is 18.0 Å². The molecular weight excluding hydrogens is 332 g/mol. The highest BCUT2D eigenvalue weighted by Gasteiger charge is 2.51. The van der Waals surface area contributed by atoms with E-state index in [1.807, 2.05) is 0 Å². The van der Waals surface area contributed by atoms with Crippen molar-refractivity contribution in [3.05, 3.63) is 0 Å². The fourth-order valence-corrected chi connectivity index (χ4v) is 2.43. The molecule has 0 aliphatic heterocycles. The molecule has 148 valence electrons. The number of hydrogen-bond acceptors (Lipinski definition) is 7. The summed E-state index contributed by atoms with van der Waals surface area (Å²) in [5, 5.41) is 9.87. The van der Waals surface area contributed by atoms with Gasteiger partial charge in [0.25, 0.3) is 0 Å². The summed E-state index contributed by atoms with van der Waals surface area (Å²) in [7, 11) is 0. The fraction of sp³-hybridized carbons (Fsp3) is 0.882. The number of carboxylic acids is 1. The van der Waals surface area contributed by atoms with Crippen molar-refractivity contribution in [1.82, 2.24) is 0 Å². The fourth-order valence-electron chi connectivity index (χ4n) is 2.43. The van der Waals surface area contributed by atoms with Crippen LogP contribution in [-0.2, 0) is 33.3 Å². The summed E-state index contributed by atoms with van der Waals surface area (Å²) in [5.74, 6) is -2.17. The van der Waals surface area contributed by atoms with E-state index in [0.29, 0.717) is 26.4 Å². The first kappa shape index (κ1) is 23.8. The number of rotatable bonds is 15. The third-order valence-electron chi connectivity index (χ3n) is 3.52. The zero-order chi connectivity index (χ0) is 19.3. The normalized spacial score (nSPS) is 12.0. The Morgan fingerprint density at radius 2 is 1.12 bits per heavy atom. The molecule has 0 aliphatic carbocycles. The van der Waals surface area contributed by atoms with Crippen LogP contribution >= 0.6 is 0 Å². The maximum Gasteiger partial charge on any atom is 0.323 e. The number of hydrogen-bond donors (Lipinski definition) is 1. The quantitative estimate of drug-likeness (QED) is 0.268. The monoisotopic (exact) mass is 364 g/mol. The highest BCUT2D eigenvalue weighted by Crippen LogP contribution is 2.35. The number of carbonyl (C=O) groups is 2. The van der Waals surface area contributed by atoms with Crippen molar-refractivity contribution in [2.24, 2.45) is 5.41 Å². The Bertz CT molecular complexity index is 355. The smallest absolute Gasteiger partial charge is 0.323 e. The second kappa shape index (κ2) is 13.0. The number of aliphatic carboxylic acids is 1. The molecule has 0 saturated heterocycles. The van der Waals surface area contributed by atoms with E-state index in [-0.39, 0.29) is 19.4 Å². The molecule has 0 aromatic rings. The Kier molecular flexibility index (Phi) is 12.4. The van der Waals surface area contributed by atoms with E-state index in [2.05, 4.69) is 0 Å². The van der Waals surface area contributed by atoms with Gasteiger partial charge >= 0.3 is 11.9 Å². The molecule has 0 aromatic carbocycles. The van der Waals surface area contributed by atoms with Crippen LogP contribution in [0.4, 0.5) is 0 Å². The molecule has 0 spiro atoms. The van der Waals surface area contributed by atoms with Gasteiger partial charge in [-0.25, -0.2) is 0 Å². The van der Waals surface area contributed by atoms with Gasteiger partial charge in [-0.1, -0.05) is 0 Å². The minimum Gasteiger partial charge on any atom is -0.480 e. The summed E-state index contributed by atoms with van der Waals surface area (Å²) < 4.78 is 26.8. The van der Waals surface area contributed by atoms with Crippen molar-refractivity contribution >= 4 is 11.9 Å². The first-order valence-corrected chi connectivity index (χ1v) is 8.78. The van der Waals surface area contributed by atoms with Crippen LogP contribution < -0.4 is 0 Å². The van der Waals surface area contributed by atoms with E-state index in [1.165, 1.54) is 0 Å². The minimum atomic E-state index is -1.89. The lowest BCUT2D eigenvalue weighted by atomic mass is 9.80. The second-order valence-electron chi connectivity index (χ2n) is 5.20. The van der Waals surface area contributed by atoms with Gasteiger partial charge in [-0.3, -0.25) is 9.59 Å². The summed E-state index contributed by atoms with van der Waals surface area (Å²) >= 11 is 0. The molecule has 8 heteroatoms. The van der Waals surface area contributed by atoms with Gasteiger partial charge < -0.3 is 28.8 Å². The summed E-state index contributed by atoms with van der Waals surface area (Å²) in [6.07, 6.45) is -2.09. The van der Waals surface area contributed by atoms with Gasteiger partial charge in [0.1, 0.15) is 0 Å². The van der Waals surface area contributed by atoms with Crippen molar-refractivity contribution in [2.45, 2.75) is 60.0 Å². The lowest BCUT2D eigenvalue weighted by Crippen LogP contribution is -2.47. The van der Waals surface area contributed by atoms with Crippen LogP contribution in [-0.4, -0.2) is 62.7 Å². The van der Waals surface area contributed by atoms with Crippen LogP contribution in [0.2, 0.25) is 0 Å². The van der Waals surface area contributed by atoms with Crippen LogP contribution in [0.5, 0.6) is 0 Å². The van der Waals surface area contributed by atoms with Gasteiger partial charge in [0, 0.05) is 39.3 Å². The van der Waals surface area contributed by atoms with E-state index in [9.17, 15) is 14.7 Å². The molecule has 0 radical (unpaired) electrons. The van der Waals surface area contributed by atoms with Crippen LogP contribution in [0, 0.1) is 5.41 Å². The van der Waals surface area contributed by atoms with E-state index >= 15 is 0 Å². The first-order valence-electron chi connectivity index (χ1n) is 8.78. The largest absolute Gasteiger partial charge is 0.480 e. The van der Waals surface area contributed by atoms with E-state index in [1.54, 1.807) is 34.6 Å². The number of ether oxygens (including phenoxy) is 5. The number of esters is 1. The van der Waals surface area contributed by atoms with Gasteiger partial charge in [0.05, 0.1) is 6.61 Å². The Morgan fingerprint density at radius 3 is 1.36 bits per heavy atom. The van der Waals surface area contributed by atoms with Gasteiger partial charge in [0.2, 0.25) is 0 Å². The Hall–Kier alpha value is -1.22. The third kappa shape index (κ3) is 7.68. The molecule has 0 aliphatic rings. The van der Waals surface area contributed by atoms with Crippen LogP contribution in [0.3, 0.4) is 0 Å². The van der Waals surface area contributed by atoms with E-state index in [0.717, 1.165) is 0 Å². The molecule has 0 rings (SSSR count). The lowest BCUT2D eigenvalue weighted by Gasteiger charge is -2.33. The van der Waals surface area contributed by atoms with Crippen molar-refractivity contribution < 1.29 is 38.4 Å². The van der Waals surface area contributed by atoms with Crippen molar-refractivity contribution in [3.63, 3.8) is 0 Å². The predicted octanol–water partition coefficient (Wildman–Crippen LogP) is 2.20. The highest BCUT2D eigenvalue weighted by atomic mass is 16.7. The molecule has 0 fully saturated rings. The topological polar surface area (TPSA) is 101 Å². The maximum absolute atomic E-state index is 12.6. The molecule has 0 bridgehead atoms. The predicted molar refractivity (Wildman–Crippen MR) is 90.0 cm³/mol. The molecule has 0 aromatic heterocycles. The molecule has 0 amide bonds. The van der Waals surface area contributed by atoms with Crippen molar-refractivity contribution in [2.75, 3.05) is 33.0 Å². The van der Waals surface area contributed by atoms with Crippen LogP contribution in [0.15, 0.2) is 0 Å². The molecule has 0 heterocycles. The molecule has 1 N–H and O–H groups in total. The maximum atomic E-state index is 12.6. The van der Waals surface area contributed by atoms with E-state index in [4.69, 9.17) is 23.7 Å². The van der Waals surface area contributed by atoms with E-state index < -0.39 is 29.9 Å². The van der Waals surface area contributed by atoms with Crippen LogP contribution in [0.1, 0.15) is 47.5 Å². The standard InChI is InChI=1S/C17H32O8/c1-6-21-13(22-7-2)11-17(15(18)19,16(20)25-10-5)12-14(23-8-3)24-9-4/h13-14H,6-12H2,1-5H3,(H,18,19). The second-order valence-corrected chi connectivity index (χ2v) is 5.20. The van der Waals surface area contributed by atoms with Gasteiger partial charge in [-0.15, -0.1) is 0 Å². The molecule has 8 nitrogen and oxygen atoms in total. The zero-order valence-corrected chi connectivity index (χ0v) is 15.9. The lowest BCUT2D eigenvalue weighted by molar-refractivity contribution is -0.206. The average molecular weight is 364 g/mol. The van der Waals surface area contributed by atoms with Gasteiger partial charge in [-0.05, 0) is 34.6 Å². The third-order valence-corrected chi connectivity index (χ3v) is 3.52. The number of carbonyl (C=O) groups excluding carboxylic acids is 1. The number of carboxylic acid groups (broad SMARTS) is 1. The van der Waals surface area contributed by atoms with Crippen molar-refractivity contribution in [3.8, 4) is 0 Å². The minimum absolute atomic E-state index is 0.0652. The Morgan fingerprint density at radius 1 is 0.760 bits per heavy atom. The summed E-state index contributed by atoms with van der Waals surface area (Å²) in [6.45, 7) is 10.0. The van der Waals surface area contributed by atoms with Gasteiger partial charge in [-0.2, -0.15) is 0 Å².